The molecule has 1 atom stereocenters. The van der Waals surface area contributed by atoms with E-state index in [-0.39, 0.29) is 28.0 Å². The van der Waals surface area contributed by atoms with Gasteiger partial charge in [0.15, 0.2) is 0 Å². The highest BCUT2D eigenvalue weighted by molar-refractivity contribution is 9.10. The summed E-state index contributed by atoms with van der Waals surface area (Å²) in [6.45, 7) is 0.215. The highest BCUT2D eigenvalue weighted by Crippen LogP contribution is 2.43. The lowest BCUT2D eigenvalue weighted by Crippen LogP contribution is -2.26. The minimum absolute atomic E-state index is 0.0277. The van der Waals surface area contributed by atoms with Gasteiger partial charge in [0.2, 0.25) is 0 Å². The number of fused-ring (bicyclic) bond motifs is 2. The van der Waals surface area contributed by atoms with Crippen molar-refractivity contribution in [3.63, 3.8) is 0 Å². The van der Waals surface area contributed by atoms with Gasteiger partial charge in [-0.15, -0.1) is 0 Å². The van der Waals surface area contributed by atoms with Gasteiger partial charge in [-0.3, -0.25) is 9.10 Å². The van der Waals surface area contributed by atoms with E-state index in [1.54, 1.807) is 24.3 Å². The molecule has 0 radical (unpaired) electrons. The molecule has 2 aromatic rings. The first-order valence-electron chi connectivity index (χ1n) is 8.63. The van der Waals surface area contributed by atoms with Crippen LogP contribution in [0.4, 0.5) is 10.1 Å². The Labute approximate surface area is 171 Å². The van der Waals surface area contributed by atoms with Gasteiger partial charge in [-0.25, -0.2) is 12.8 Å². The Kier molecular flexibility index (Phi) is 6.07. The number of nitrogens with zero attached hydrogens (tertiary/aromatic N) is 1. The number of carbonyl (C=O) groups is 1. The van der Waals surface area contributed by atoms with Crippen LogP contribution in [0.3, 0.4) is 0 Å². The number of carboxylic acid groups (broad SMARTS) is 1. The molecule has 0 aromatic heterocycles. The van der Waals surface area contributed by atoms with Crippen LogP contribution in [0.2, 0.25) is 0 Å². The van der Waals surface area contributed by atoms with Crippen molar-refractivity contribution in [1.82, 2.24) is 0 Å². The minimum Gasteiger partial charge on any atom is -0.481 e. The lowest BCUT2D eigenvalue weighted by Gasteiger charge is -2.21. The van der Waals surface area contributed by atoms with Crippen LogP contribution in [0.25, 0.3) is 0 Å². The molecule has 1 aliphatic heterocycles. The Balaban J connectivity index is 2.06. The smallest absolute Gasteiger partial charge is 0.303 e. The zero-order chi connectivity index (χ0) is 20.5. The number of unbranched alkanes of at least 4 members (excludes halogenated alkanes) is 1. The quantitative estimate of drug-likeness (QED) is 0.641. The number of benzene rings is 2. The lowest BCUT2D eigenvalue weighted by atomic mass is 9.99. The summed E-state index contributed by atoms with van der Waals surface area (Å²) in [4.78, 5) is 10.6. The van der Waals surface area contributed by atoms with E-state index in [1.807, 2.05) is 0 Å². The Morgan fingerprint density at radius 3 is 2.68 bits per heavy atom. The summed E-state index contributed by atoms with van der Waals surface area (Å²) < 4.78 is 47.7. The summed E-state index contributed by atoms with van der Waals surface area (Å²) >= 11 is 3.06. The van der Waals surface area contributed by atoms with Crippen molar-refractivity contribution < 1.29 is 27.4 Å². The first kappa shape index (κ1) is 20.8. The number of halogens is 2. The van der Waals surface area contributed by atoms with Gasteiger partial charge in [-0.1, -0.05) is 18.2 Å². The monoisotopic (exact) mass is 471 g/mol. The predicted octanol–water partition coefficient (Wildman–Crippen LogP) is 4.09. The highest BCUT2D eigenvalue weighted by Gasteiger charge is 2.36. The third kappa shape index (κ3) is 3.92. The lowest BCUT2D eigenvalue weighted by molar-refractivity contribution is -0.137. The molecule has 3 rings (SSSR count). The zero-order valence-electron chi connectivity index (χ0n) is 15.1. The Morgan fingerprint density at radius 1 is 1.25 bits per heavy atom. The number of rotatable bonds is 6. The maximum atomic E-state index is 14.3. The van der Waals surface area contributed by atoms with E-state index in [4.69, 9.17) is 9.84 Å². The van der Waals surface area contributed by atoms with Crippen LogP contribution in [0.1, 0.15) is 36.5 Å². The second-order valence-corrected chi connectivity index (χ2v) is 9.23. The summed E-state index contributed by atoms with van der Waals surface area (Å²) in [7, 11) is -2.46. The van der Waals surface area contributed by atoms with Crippen molar-refractivity contribution >= 4 is 37.6 Å². The van der Waals surface area contributed by atoms with Gasteiger partial charge in [0.25, 0.3) is 10.0 Å². The molecule has 0 fully saturated rings. The zero-order valence-corrected chi connectivity index (χ0v) is 17.5. The van der Waals surface area contributed by atoms with Crippen molar-refractivity contribution in [3.8, 4) is 0 Å². The standard InChI is InChI=1S/C19H19BrFNO5S/c1-22-16-7-3-2-6-12(16)19(27-9-5-4-8-18(23)24)13-10-15(21)14(20)11-17(13)28(22,25)26/h2-3,6-7,10-11,19H,4-5,8-9H2,1H3,(H,23,24). The average molecular weight is 472 g/mol. The van der Waals surface area contributed by atoms with E-state index in [2.05, 4.69) is 15.9 Å². The molecule has 0 bridgehead atoms. The average Bonchev–Trinajstić information content (AvgIpc) is 2.71. The third-order valence-corrected chi connectivity index (χ3v) is 7.04. The Bertz CT molecular complexity index is 1010. The number of ether oxygens (including phenoxy) is 1. The molecule has 1 N–H and O–H groups in total. The molecule has 28 heavy (non-hydrogen) atoms. The summed E-state index contributed by atoms with van der Waals surface area (Å²) in [6.07, 6.45) is 0.156. The van der Waals surface area contributed by atoms with Crippen LogP contribution in [-0.4, -0.2) is 33.1 Å². The predicted molar refractivity (Wildman–Crippen MR) is 105 cm³/mol. The van der Waals surface area contributed by atoms with Gasteiger partial charge in [0, 0.05) is 31.2 Å². The minimum atomic E-state index is -3.91. The van der Waals surface area contributed by atoms with Gasteiger partial charge in [0.1, 0.15) is 11.9 Å². The number of sulfonamides is 1. The molecule has 0 saturated carbocycles. The van der Waals surface area contributed by atoms with Gasteiger partial charge in [-0.05, 0) is 47.0 Å². The Morgan fingerprint density at radius 2 is 1.96 bits per heavy atom. The van der Waals surface area contributed by atoms with Crippen LogP contribution in [0.15, 0.2) is 45.8 Å². The molecule has 0 spiro atoms. The van der Waals surface area contributed by atoms with Crippen molar-refractivity contribution in [2.24, 2.45) is 0 Å². The number of hydrogen-bond donors (Lipinski definition) is 1. The van der Waals surface area contributed by atoms with Crippen molar-refractivity contribution in [2.45, 2.75) is 30.3 Å². The first-order chi connectivity index (χ1) is 13.2. The number of anilines is 1. The van der Waals surface area contributed by atoms with Crippen LogP contribution < -0.4 is 4.31 Å². The molecule has 1 aliphatic rings. The number of aliphatic carboxylic acids is 1. The second kappa shape index (κ2) is 8.18. The second-order valence-electron chi connectivity index (χ2n) is 6.44. The van der Waals surface area contributed by atoms with Crippen LogP contribution >= 0.6 is 15.9 Å². The maximum Gasteiger partial charge on any atom is 0.303 e. The number of hydrogen-bond acceptors (Lipinski definition) is 4. The van der Waals surface area contributed by atoms with Crippen molar-refractivity contribution in [1.29, 1.82) is 0 Å². The summed E-state index contributed by atoms with van der Waals surface area (Å²) in [5, 5.41) is 8.74. The molecular weight excluding hydrogens is 453 g/mol. The molecular formula is C19H19BrFNO5S. The van der Waals surface area contributed by atoms with Crippen molar-refractivity contribution in [2.75, 3.05) is 18.0 Å². The van der Waals surface area contributed by atoms with Gasteiger partial charge in [-0.2, -0.15) is 0 Å². The van der Waals surface area contributed by atoms with E-state index >= 15 is 0 Å². The summed E-state index contributed by atoms with van der Waals surface area (Å²) in [5.74, 6) is -1.47. The SMILES string of the molecule is CN1c2ccccc2C(OCCCCC(=O)O)c2cc(F)c(Br)cc2S1(=O)=O. The molecule has 0 aliphatic carbocycles. The molecule has 1 heterocycles. The molecule has 150 valence electrons. The molecule has 2 aromatic carbocycles. The van der Waals surface area contributed by atoms with E-state index in [9.17, 15) is 17.6 Å². The first-order valence-corrected chi connectivity index (χ1v) is 10.9. The fourth-order valence-corrected chi connectivity index (χ4v) is 5.12. The number of carboxylic acids is 1. The largest absolute Gasteiger partial charge is 0.481 e. The van der Waals surface area contributed by atoms with E-state index in [0.717, 1.165) is 0 Å². The number of para-hydroxylation sites is 1. The highest BCUT2D eigenvalue weighted by atomic mass is 79.9. The van der Waals surface area contributed by atoms with Gasteiger partial charge in [0.05, 0.1) is 15.1 Å². The van der Waals surface area contributed by atoms with E-state index in [0.29, 0.717) is 24.1 Å². The Hall–Kier alpha value is -1.97. The van der Waals surface area contributed by atoms with Crippen LogP contribution in [-0.2, 0) is 19.6 Å². The topological polar surface area (TPSA) is 83.9 Å². The molecule has 1 unspecified atom stereocenters. The van der Waals surface area contributed by atoms with Crippen molar-refractivity contribution in [3.05, 3.63) is 57.8 Å². The maximum absolute atomic E-state index is 14.3. The molecule has 6 nitrogen and oxygen atoms in total. The van der Waals surface area contributed by atoms with E-state index in [1.165, 1.54) is 23.5 Å². The fourth-order valence-electron chi connectivity index (χ4n) is 3.17. The van der Waals surface area contributed by atoms with E-state index < -0.39 is 27.9 Å². The van der Waals surface area contributed by atoms with Crippen LogP contribution in [0, 0.1) is 5.82 Å². The summed E-state index contributed by atoms with van der Waals surface area (Å²) in [6, 6.07) is 9.34. The third-order valence-electron chi connectivity index (χ3n) is 4.60. The molecule has 0 saturated heterocycles. The van der Waals surface area contributed by atoms with Gasteiger partial charge < -0.3 is 9.84 Å². The molecule has 0 amide bonds. The van der Waals surface area contributed by atoms with Crippen LogP contribution in [0.5, 0.6) is 0 Å². The van der Waals surface area contributed by atoms with Gasteiger partial charge >= 0.3 is 5.97 Å². The summed E-state index contributed by atoms with van der Waals surface area (Å²) in [5.41, 5.74) is 1.27. The fraction of sp³-hybridized carbons (Fsp3) is 0.316. The normalized spacial score (nSPS) is 17.5. The molecule has 9 heteroatoms.